The van der Waals surface area contributed by atoms with Gasteiger partial charge in [0.1, 0.15) is 0 Å². The Kier molecular flexibility index (Phi) is 6.48. The topological polar surface area (TPSA) is 70.4 Å². The van der Waals surface area contributed by atoms with Crippen LogP contribution in [0.25, 0.3) is 0 Å². The number of hydrogen-bond acceptors (Lipinski definition) is 3. The second-order valence-corrected chi connectivity index (χ2v) is 5.61. The molecule has 0 spiro atoms. The van der Waals surface area contributed by atoms with E-state index >= 15 is 0 Å². The number of amides is 2. The number of carbonyl (C=O) groups excluding carboxylic acids is 1. The zero-order chi connectivity index (χ0) is 15.1. The minimum atomic E-state index is -0.175. The summed E-state index contributed by atoms with van der Waals surface area (Å²) in [4.78, 5) is 14.1. The monoisotopic (exact) mass is 278 g/mol. The van der Waals surface area contributed by atoms with Gasteiger partial charge in [-0.15, -0.1) is 0 Å². The van der Waals surface area contributed by atoms with Crippen LogP contribution < -0.4 is 16.4 Å². The van der Waals surface area contributed by atoms with E-state index in [0.29, 0.717) is 12.5 Å². The fourth-order valence-corrected chi connectivity index (χ4v) is 1.88. The first kappa shape index (κ1) is 16.5. The number of carbonyl (C=O) groups is 1. The highest BCUT2D eigenvalue weighted by molar-refractivity contribution is 5.89. The van der Waals surface area contributed by atoms with E-state index in [1.807, 2.05) is 38.4 Å². The second-order valence-electron chi connectivity index (χ2n) is 5.61. The van der Waals surface area contributed by atoms with Crippen LogP contribution >= 0.6 is 0 Å². The molecule has 5 nitrogen and oxygen atoms in total. The van der Waals surface area contributed by atoms with E-state index in [2.05, 4.69) is 29.4 Å². The summed E-state index contributed by atoms with van der Waals surface area (Å²) in [5.74, 6) is 0.378. The van der Waals surface area contributed by atoms with Gasteiger partial charge in [0.2, 0.25) is 0 Å². The zero-order valence-electron chi connectivity index (χ0n) is 12.8. The van der Waals surface area contributed by atoms with Crippen molar-refractivity contribution >= 4 is 11.7 Å². The molecule has 5 heteroatoms. The van der Waals surface area contributed by atoms with Crippen LogP contribution in [0.4, 0.5) is 10.5 Å². The van der Waals surface area contributed by atoms with Crippen LogP contribution in [0.2, 0.25) is 0 Å². The van der Waals surface area contributed by atoms with Gasteiger partial charge in [0.15, 0.2) is 0 Å². The molecular weight excluding hydrogens is 252 g/mol. The van der Waals surface area contributed by atoms with Crippen molar-refractivity contribution in [2.75, 3.05) is 26.0 Å². The molecule has 20 heavy (non-hydrogen) atoms. The van der Waals surface area contributed by atoms with Crippen molar-refractivity contribution < 1.29 is 4.79 Å². The molecule has 0 aliphatic carbocycles. The molecule has 0 radical (unpaired) electrons. The molecule has 1 aromatic rings. The van der Waals surface area contributed by atoms with Crippen molar-refractivity contribution in [2.45, 2.75) is 26.4 Å². The molecule has 1 atom stereocenters. The van der Waals surface area contributed by atoms with E-state index in [1.165, 1.54) is 0 Å². The average Bonchev–Trinajstić information content (AvgIpc) is 2.38. The van der Waals surface area contributed by atoms with Gasteiger partial charge in [-0.1, -0.05) is 26.0 Å². The summed E-state index contributed by atoms with van der Waals surface area (Å²) in [6, 6.07) is 7.49. The van der Waals surface area contributed by atoms with E-state index < -0.39 is 0 Å². The minimum Gasteiger partial charge on any atom is -0.334 e. The number of hydrogen-bond donors (Lipinski definition) is 3. The summed E-state index contributed by atoms with van der Waals surface area (Å²) in [7, 11) is 4.00. The number of likely N-dealkylation sites (N-methyl/N-ethyl adjacent to an activating group) is 1. The Hall–Kier alpha value is -1.59. The van der Waals surface area contributed by atoms with Gasteiger partial charge in [-0.2, -0.15) is 0 Å². The number of benzene rings is 1. The summed E-state index contributed by atoms with van der Waals surface area (Å²) >= 11 is 0. The molecule has 1 aromatic carbocycles. The van der Waals surface area contributed by atoms with Gasteiger partial charge in [0, 0.05) is 24.8 Å². The van der Waals surface area contributed by atoms with Gasteiger partial charge in [0.25, 0.3) is 0 Å². The Morgan fingerprint density at radius 1 is 1.25 bits per heavy atom. The first-order chi connectivity index (χ1) is 9.42. The molecule has 1 rings (SSSR count). The molecule has 0 aliphatic heterocycles. The fraction of sp³-hybridized carbons (Fsp3) is 0.533. The van der Waals surface area contributed by atoms with E-state index in [1.54, 1.807) is 0 Å². The zero-order valence-corrected chi connectivity index (χ0v) is 12.8. The molecule has 0 aromatic heterocycles. The van der Waals surface area contributed by atoms with Crippen LogP contribution in [0.1, 0.15) is 19.4 Å². The molecule has 0 fully saturated rings. The lowest BCUT2D eigenvalue weighted by atomic mass is 10.0. The quantitative estimate of drug-likeness (QED) is 0.744. The first-order valence-electron chi connectivity index (χ1n) is 6.93. The number of urea groups is 1. The Balaban J connectivity index is 2.56. The largest absolute Gasteiger partial charge is 0.334 e. The molecule has 0 heterocycles. The lowest BCUT2D eigenvalue weighted by molar-refractivity contribution is 0.236. The lowest BCUT2D eigenvalue weighted by Crippen LogP contribution is -2.46. The van der Waals surface area contributed by atoms with E-state index in [9.17, 15) is 4.79 Å². The Bertz CT molecular complexity index is 414. The van der Waals surface area contributed by atoms with Crippen molar-refractivity contribution in [3.05, 3.63) is 29.8 Å². The third-order valence-corrected chi connectivity index (χ3v) is 3.13. The molecule has 2 amide bonds. The molecule has 0 bridgehead atoms. The third kappa shape index (κ3) is 5.59. The summed E-state index contributed by atoms with van der Waals surface area (Å²) in [6.07, 6.45) is 0. The Labute approximate surface area is 121 Å². The maximum atomic E-state index is 12.0. The Morgan fingerprint density at radius 2 is 1.85 bits per heavy atom. The summed E-state index contributed by atoms with van der Waals surface area (Å²) < 4.78 is 0. The maximum Gasteiger partial charge on any atom is 0.319 e. The van der Waals surface area contributed by atoms with Gasteiger partial charge >= 0.3 is 6.03 Å². The minimum absolute atomic E-state index is 0.119. The number of nitrogens with one attached hydrogen (secondary N) is 2. The van der Waals surface area contributed by atoms with Crippen molar-refractivity contribution in [1.29, 1.82) is 0 Å². The Morgan fingerprint density at radius 3 is 2.30 bits per heavy atom. The molecule has 1 unspecified atom stereocenters. The van der Waals surface area contributed by atoms with Crippen LogP contribution in [-0.4, -0.2) is 37.6 Å². The van der Waals surface area contributed by atoms with E-state index in [-0.39, 0.29) is 12.1 Å². The molecule has 0 saturated heterocycles. The maximum absolute atomic E-state index is 12.0. The SMILES string of the molecule is CC(C)C(CN(C)C)NC(=O)Nc1ccc(CN)cc1. The van der Waals surface area contributed by atoms with E-state index in [0.717, 1.165) is 17.8 Å². The summed E-state index contributed by atoms with van der Waals surface area (Å²) in [5, 5.41) is 5.85. The van der Waals surface area contributed by atoms with Crippen LogP contribution in [-0.2, 0) is 6.54 Å². The van der Waals surface area contributed by atoms with E-state index in [4.69, 9.17) is 5.73 Å². The molecular formula is C15H26N4O. The highest BCUT2D eigenvalue weighted by Crippen LogP contribution is 2.09. The van der Waals surface area contributed by atoms with Crippen molar-refractivity contribution in [3.8, 4) is 0 Å². The van der Waals surface area contributed by atoms with Crippen molar-refractivity contribution in [3.63, 3.8) is 0 Å². The van der Waals surface area contributed by atoms with Gasteiger partial charge in [-0.25, -0.2) is 4.79 Å². The van der Waals surface area contributed by atoms with Gasteiger partial charge in [-0.05, 0) is 37.7 Å². The number of nitrogens with zero attached hydrogens (tertiary/aromatic N) is 1. The van der Waals surface area contributed by atoms with Crippen molar-refractivity contribution in [1.82, 2.24) is 10.2 Å². The molecule has 4 N–H and O–H groups in total. The third-order valence-electron chi connectivity index (χ3n) is 3.13. The van der Waals surface area contributed by atoms with Crippen molar-refractivity contribution in [2.24, 2.45) is 11.7 Å². The number of nitrogens with two attached hydrogens (primary N) is 1. The highest BCUT2D eigenvalue weighted by Gasteiger charge is 2.16. The second kappa shape index (κ2) is 7.87. The molecule has 0 saturated carbocycles. The highest BCUT2D eigenvalue weighted by atomic mass is 16.2. The first-order valence-corrected chi connectivity index (χ1v) is 6.93. The predicted molar refractivity (Wildman–Crippen MR) is 83.7 cm³/mol. The number of anilines is 1. The molecule has 112 valence electrons. The van der Waals surface area contributed by atoms with Crippen LogP contribution in [0.5, 0.6) is 0 Å². The van der Waals surface area contributed by atoms with Gasteiger partial charge in [-0.3, -0.25) is 0 Å². The average molecular weight is 278 g/mol. The van der Waals surface area contributed by atoms with Gasteiger partial charge in [0.05, 0.1) is 0 Å². The predicted octanol–water partition coefficient (Wildman–Crippen LogP) is 1.85. The fourth-order valence-electron chi connectivity index (χ4n) is 1.88. The van der Waals surface area contributed by atoms with Crippen LogP contribution in [0.15, 0.2) is 24.3 Å². The van der Waals surface area contributed by atoms with Gasteiger partial charge < -0.3 is 21.3 Å². The van der Waals surface area contributed by atoms with Crippen LogP contribution in [0.3, 0.4) is 0 Å². The van der Waals surface area contributed by atoms with Crippen LogP contribution in [0, 0.1) is 5.92 Å². The summed E-state index contributed by atoms with van der Waals surface area (Å²) in [6.45, 7) is 5.52. The molecule has 0 aliphatic rings. The number of rotatable bonds is 6. The normalized spacial score (nSPS) is 12.6. The smallest absolute Gasteiger partial charge is 0.319 e. The lowest BCUT2D eigenvalue weighted by Gasteiger charge is -2.25. The summed E-state index contributed by atoms with van der Waals surface area (Å²) in [5.41, 5.74) is 7.36. The standard InChI is InChI=1S/C15H26N4O/c1-11(2)14(10-19(3)4)18-15(20)17-13-7-5-12(9-16)6-8-13/h5-8,11,14H,9-10,16H2,1-4H3,(H2,17,18,20).